The predicted molar refractivity (Wildman–Crippen MR) is 74.7 cm³/mol. The first-order chi connectivity index (χ1) is 7.74. The van der Waals surface area contributed by atoms with E-state index in [1.54, 1.807) is 0 Å². The highest BCUT2D eigenvalue weighted by Gasteiger charge is 2.19. The monoisotopic (exact) mass is 303 g/mol. The van der Waals surface area contributed by atoms with Gasteiger partial charge in [0, 0.05) is 36.8 Å². The fraction of sp³-hybridized carbons (Fsp3) is 0.727. The van der Waals surface area contributed by atoms with Gasteiger partial charge in [-0.25, -0.2) is 0 Å². The van der Waals surface area contributed by atoms with Crippen molar-refractivity contribution in [3.8, 4) is 0 Å². The van der Waals surface area contributed by atoms with E-state index in [1.807, 2.05) is 11.7 Å². The molecule has 1 aliphatic heterocycles. The van der Waals surface area contributed by atoms with Crippen molar-refractivity contribution in [3.63, 3.8) is 0 Å². The van der Waals surface area contributed by atoms with Crippen LogP contribution in [-0.4, -0.2) is 34.4 Å². The summed E-state index contributed by atoms with van der Waals surface area (Å²) in [5, 5.41) is 5.42. The van der Waals surface area contributed by atoms with Crippen LogP contribution in [-0.2, 0) is 12.4 Å². The van der Waals surface area contributed by atoms with Gasteiger partial charge in [-0.2, -0.15) is 16.9 Å². The molecule has 1 aromatic rings. The first-order valence-corrected chi connectivity index (χ1v) is 7.92. The Morgan fingerprint density at radius 3 is 2.94 bits per heavy atom. The minimum absolute atomic E-state index is 0.894. The van der Waals surface area contributed by atoms with E-state index in [4.69, 9.17) is 0 Å². The molecule has 0 amide bonds. The van der Waals surface area contributed by atoms with Gasteiger partial charge < -0.3 is 4.90 Å². The molecule has 2 heterocycles. The second kappa shape index (κ2) is 5.45. The summed E-state index contributed by atoms with van der Waals surface area (Å²) in [7, 11) is 2.05. The van der Waals surface area contributed by atoms with Crippen molar-refractivity contribution in [3.05, 3.63) is 11.3 Å². The average Bonchev–Trinajstić information content (AvgIpc) is 2.48. The fourth-order valence-electron chi connectivity index (χ4n) is 2.20. The normalized spacial score (nSPS) is 17.6. The van der Waals surface area contributed by atoms with Gasteiger partial charge in [0.2, 0.25) is 0 Å². The van der Waals surface area contributed by atoms with Gasteiger partial charge in [-0.3, -0.25) is 4.68 Å². The van der Waals surface area contributed by atoms with Crippen molar-refractivity contribution in [1.82, 2.24) is 9.78 Å². The van der Waals surface area contributed by atoms with Crippen LogP contribution < -0.4 is 4.90 Å². The zero-order valence-electron chi connectivity index (χ0n) is 9.87. The molecule has 2 rings (SSSR count). The number of aromatic nitrogens is 2. The molecular weight excluding hydrogens is 286 g/mol. The smallest absolute Gasteiger partial charge is 0.130 e. The zero-order valence-corrected chi connectivity index (χ0v) is 12.3. The van der Waals surface area contributed by atoms with Crippen molar-refractivity contribution in [2.75, 3.05) is 29.5 Å². The topological polar surface area (TPSA) is 21.1 Å². The third kappa shape index (κ3) is 2.40. The lowest BCUT2D eigenvalue weighted by molar-refractivity contribution is 0.704. The van der Waals surface area contributed by atoms with Crippen LogP contribution in [0.3, 0.4) is 0 Å². The molecule has 0 aromatic carbocycles. The molecule has 0 N–H and O–H groups in total. The molecule has 0 aliphatic carbocycles. The van der Waals surface area contributed by atoms with Gasteiger partial charge in [-0.1, -0.05) is 15.9 Å². The zero-order chi connectivity index (χ0) is 11.5. The maximum atomic E-state index is 4.53. The summed E-state index contributed by atoms with van der Waals surface area (Å²) in [5.41, 5.74) is 2.49. The number of nitrogens with zero attached hydrogens (tertiary/aromatic N) is 3. The molecule has 0 saturated carbocycles. The summed E-state index contributed by atoms with van der Waals surface area (Å²) < 4.78 is 2.03. The number of thioether (sulfide) groups is 1. The number of hydrogen-bond acceptors (Lipinski definition) is 3. The molecule has 0 unspecified atom stereocenters. The minimum Gasteiger partial charge on any atom is -0.356 e. The largest absolute Gasteiger partial charge is 0.356 e. The summed E-state index contributed by atoms with van der Waals surface area (Å²) in [5.74, 6) is 3.82. The lowest BCUT2D eigenvalue weighted by Gasteiger charge is -2.23. The Morgan fingerprint density at radius 2 is 2.19 bits per heavy atom. The number of alkyl halides is 1. The van der Waals surface area contributed by atoms with E-state index in [9.17, 15) is 0 Å². The Labute approximate surface area is 110 Å². The number of anilines is 1. The molecule has 1 aliphatic rings. The Hall–Kier alpha value is -0.160. The minimum atomic E-state index is 0.894. The molecule has 1 aromatic heterocycles. The van der Waals surface area contributed by atoms with E-state index in [0.29, 0.717) is 0 Å². The summed E-state index contributed by atoms with van der Waals surface area (Å²) in [4.78, 5) is 2.48. The van der Waals surface area contributed by atoms with Crippen molar-refractivity contribution >= 4 is 33.5 Å². The highest BCUT2D eigenvalue weighted by Crippen LogP contribution is 2.27. The molecule has 1 fully saturated rings. The van der Waals surface area contributed by atoms with E-state index in [2.05, 4.69) is 44.6 Å². The van der Waals surface area contributed by atoms with Gasteiger partial charge >= 0.3 is 0 Å². The first kappa shape index (κ1) is 12.3. The molecular formula is C11H18BrN3S. The molecule has 1 saturated heterocycles. The number of hydrogen-bond donors (Lipinski definition) is 0. The van der Waals surface area contributed by atoms with Crippen molar-refractivity contribution in [1.29, 1.82) is 0 Å². The second-order valence-electron chi connectivity index (χ2n) is 4.10. The van der Waals surface area contributed by atoms with E-state index in [0.717, 1.165) is 24.1 Å². The van der Waals surface area contributed by atoms with E-state index in [-0.39, 0.29) is 0 Å². The van der Waals surface area contributed by atoms with Crippen LogP contribution >= 0.6 is 27.7 Å². The van der Waals surface area contributed by atoms with Crippen LogP contribution in [0.25, 0.3) is 0 Å². The maximum absolute atomic E-state index is 4.53. The van der Waals surface area contributed by atoms with Crippen molar-refractivity contribution in [2.45, 2.75) is 18.7 Å². The van der Waals surface area contributed by atoms with Gasteiger partial charge in [0.15, 0.2) is 0 Å². The third-order valence-corrected chi connectivity index (χ3v) is 4.58. The van der Waals surface area contributed by atoms with E-state index >= 15 is 0 Å². The van der Waals surface area contributed by atoms with Crippen LogP contribution in [0.2, 0.25) is 0 Å². The van der Waals surface area contributed by atoms with Gasteiger partial charge in [0.25, 0.3) is 0 Å². The SMILES string of the molecule is Cc1nn(C)c(N2CCCSCC2)c1CBr. The molecule has 3 nitrogen and oxygen atoms in total. The quantitative estimate of drug-likeness (QED) is 0.784. The van der Waals surface area contributed by atoms with Gasteiger partial charge in [-0.05, 0) is 19.1 Å². The summed E-state index contributed by atoms with van der Waals surface area (Å²) >= 11 is 5.63. The summed E-state index contributed by atoms with van der Waals surface area (Å²) in [6.45, 7) is 4.39. The first-order valence-electron chi connectivity index (χ1n) is 5.65. The van der Waals surface area contributed by atoms with Crippen LogP contribution in [0.15, 0.2) is 0 Å². The summed E-state index contributed by atoms with van der Waals surface area (Å²) in [6.07, 6.45) is 1.27. The molecule has 90 valence electrons. The third-order valence-electron chi connectivity index (χ3n) is 2.97. The highest BCUT2D eigenvalue weighted by molar-refractivity contribution is 9.08. The van der Waals surface area contributed by atoms with Crippen LogP contribution in [0.4, 0.5) is 5.82 Å². The van der Waals surface area contributed by atoms with E-state index in [1.165, 1.54) is 29.3 Å². The molecule has 0 spiro atoms. The Morgan fingerprint density at radius 1 is 1.38 bits per heavy atom. The van der Waals surface area contributed by atoms with Crippen molar-refractivity contribution in [2.24, 2.45) is 7.05 Å². The Kier molecular flexibility index (Phi) is 4.19. The fourth-order valence-corrected chi connectivity index (χ4v) is 3.74. The van der Waals surface area contributed by atoms with Crippen LogP contribution in [0.5, 0.6) is 0 Å². The predicted octanol–water partition coefficient (Wildman–Crippen LogP) is 2.57. The van der Waals surface area contributed by atoms with Gasteiger partial charge in [0.05, 0.1) is 5.69 Å². The number of aryl methyl sites for hydroxylation is 2. The summed E-state index contributed by atoms with van der Waals surface area (Å²) in [6, 6.07) is 0. The Balaban J connectivity index is 2.29. The highest BCUT2D eigenvalue weighted by atomic mass is 79.9. The van der Waals surface area contributed by atoms with Gasteiger partial charge in [0.1, 0.15) is 5.82 Å². The second-order valence-corrected chi connectivity index (χ2v) is 5.88. The van der Waals surface area contributed by atoms with Crippen LogP contribution in [0.1, 0.15) is 17.7 Å². The lowest BCUT2D eigenvalue weighted by Crippen LogP contribution is -2.28. The maximum Gasteiger partial charge on any atom is 0.130 e. The molecule has 0 bridgehead atoms. The number of rotatable bonds is 2. The van der Waals surface area contributed by atoms with Gasteiger partial charge in [-0.15, -0.1) is 0 Å². The standard InChI is InChI=1S/C11H18BrN3S/c1-9-10(8-12)11(14(2)13-9)15-4-3-6-16-7-5-15/h3-8H2,1-2H3. The molecule has 5 heteroatoms. The Bertz CT molecular complexity index is 356. The van der Waals surface area contributed by atoms with E-state index < -0.39 is 0 Å². The number of halogens is 1. The molecule has 0 radical (unpaired) electrons. The van der Waals surface area contributed by atoms with Crippen LogP contribution in [0, 0.1) is 6.92 Å². The molecule has 0 atom stereocenters. The lowest BCUT2D eigenvalue weighted by atomic mass is 10.2. The van der Waals surface area contributed by atoms with Crippen molar-refractivity contribution < 1.29 is 0 Å². The average molecular weight is 304 g/mol. The molecule has 16 heavy (non-hydrogen) atoms.